The SMILES string of the molecule is CCOC(=O)[C@H](Cc1ccc(-c2ccc(C)cc2)cc1)NC(=O)N(CC(C)C)CP(=O)(O)O. The van der Waals surface area contributed by atoms with Gasteiger partial charge in [-0.1, -0.05) is 67.9 Å². The molecule has 33 heavy (non-hydrogen) atoms. The summed E-state index contributed by atoms with van der Waals surface area (Å²) in [5.74, 6) is -0.619. The summed E-state index contributed by atoms with van der Waals surface area (Å²) in [5.41, 5.74) is 4.09. The summed E-state index contributed by atoms with van der Waals surface area (Å²) >= 11 is 0. The number of rotatable bonds is 10. The quantitative estimate of drug-likeness (QED) is 0.353. The first-order chi connectivity index (χ1) is 15.5. The molecule has 3 N–H and O–H groups in total. The Morgan fingerprint density at radius 3 is 2.06 bits per heavy atom. The lowest BCUT2D eigenvalue weighted by molar-refractivity contribution is -0.145. The zero-order valence-electron chi connectivity index (χ0n) is 19.5. The van der Waals surface area contributed by atoms with Crippen LogP contribution in [0.1, 0.15) is 31.9 Å². The molecule has 0 saturated carbocycles. The van der Waals surface area contributed by atoms with Crippen LogP contribution in [0, 0.1) is 12.8 Å². The highest BCUT2D eigenvalue weighted by atomic mass is 31.2. The van der Waals surface area contributed by atoms with Crippen molar-refractivity contribution in [1.82, 2.24) is 10.2 Å². The van der Waals surface area contributed by atoms with Crippen molar-refractivity contribution in [1.29, 1.82) is 0 Å². The van der Waals surface area contributed by atoms with Gasteiger partial charge in [0.15, 0.2) is 0 Å². The van der Waals surface area contributed by atoms with E-state index >= 15 is 0 Å². The Bertz CT molecular complexity index is 969. The van der Waals surface area contributed by atoms with E-state index in [0.29, 0.717) is 0 Å². The van der Waals surface area contributed by atoms with E-state index in [1.807, 2.05) is 69.3 Å². The molecule has 1 atom stereocenters. The Kier molecular flexibility index (Phi) is 9.65. The molecule has 0 aliphatic rings. The molecule has 2 rings (SSSR count). The fourth-order valence-corrected chi connectivity index (χ4v) is 4.05. The molecule has 0 unspecified atom stereocenters. The second-order valence-corrected chi connectivity index (χ2v) is 10.1. The van der Waals surface area contributed by atoms with Gasteiger partial charge in [-0.2, -0.15) is 0 Å². The van der Waals surface area contributed by atoms with Gasteiger partial charge >= 0.3 is 19.6 Å². The lowest BCUT2D eigenvalue weighted by atomic mass is 10.00. The monoisotopic (exact) mass is 476 g/mol. The van der Waals surface area contributed by atoms with E-state index in [4.69, 9.17) is 4.74 Å². The molecule has 0 saturated heterocycles. The Morgan fingerprint density at radius 1 is 1.03 bits per heavy atom. The van der Waals surface area contributed by atoms with Crippen LogP contribution in [-0.4, -0.2) is 52.2 Å². The van der Waals surface area contributed by atoms with Gasteiger partial charge in [0.2, 0.25) is 0 Å². The number of ether oxygens (including phenoxy) is 1. The number of carbonyl (C=O) groups excluding carboxylic acids is 2. The number of benzene rings is 2. The van der Waals surface area contributed by atoms with Gasteiger partial charge in [-0.3, -0.25) is 4.57 Å². The van der Waals surface area contributed by atoms with Crippen LogP contribution in [0.25, 0.3) is 11.1 Å². The molecular formula is C24H33N2O6P. The van der Waals surface area contributed by atoms with E-state index < -0.39 is 31.9 Å². The fraction of sp³-hybridized carbons (Fsp3) is 0.417. The second kappa shape index (κ2) is 12.0. The Balaban J connectivity index is 2.18. The lowest BCUT2D eigenvalue weighted by Crippen LogP contribution is -2.50. The van der Waals surface area contributed by atoms with E-state index in [0.717, 1.165) is 21.6 Å². The van der Waals surface area contributed by atoms with Crippen LogP contribution in [0.3, 0.4) is 0 Å². The molecular weight excluding hydrogens is 443 g/mol. The molecule has 0 bridgehead atoms. The van der Waals surface area contributed by atoms with E-state index in [-0.39, 0.29) is 25.5 Å². The van der Waals surface area contributed by atoms with Crippen LogP contribution in [-0.2, 0) is 20.5 Å². The van der Waals surface area contributed by atoms with Crippen molar-refractivity contribution in [3.05, 3.63) is 59.7 Å². The molecule has 0 aliphatic carbocycles. The maximum Gasteiger partial charge on any atom is 0.344 e. The maximum atomic E-state index is 12.8. The highest BCUT2D eigenvalue weighted by molar-refractivity contribution is 7.51. The van der Waals surface area contributed by atoms with Gasteiger partial charge in [0.1, 0.15) is 12.3 Å². The van der Waals surface area contributed by atoms with Crippen LogP contribution < -0.4 is 5.32 Å². The van der Waals surface area contributed by atoms with Crippen LogP contribution in [0.2, 0.25) is 0 Å². The molecule has 2 aromatic carbocycles. The van der Waals surface area contributed by atoms with Crippen LogP contribution in [0.5, 0.6) is 0 Å². The van der Waals surface area contributed by atoms with Gasteiger partial charge in [0, 0.05) is 13.0 Å². The van der Waals surface area contributed by atoms with E-state index in [9.17, 15) is 23.9 Å². The van der Waals surface area contributed by atoms with Gasteiger partial charge in [-0.15, -0.1) is 0 Å². The fourth-order valence-electron chi connectivity index (χ4n) is 3.36. The highest BCUT2D eigenvalue weighted by Crippen LogP contribution is 2.35. The number of urea groups is 1. The lowest BCUT2D eigenvalue weighted by Gasteiger charge is -2.27. The number of hydrogen-bond acceptors (Lipinski definition) is 4. The molecule has 8 nitrogen and oxygen atoms in total. The Morgan fingerprint density at radius 2 is 1.58 bits per heavy atom. The summed E-state index contributed by atoms with van der Waals surface area (Å²) in [4.78, 5) is 45.1. The van der Waals surface area contributed by atoms with Crippen molar-refractivity contribution >= 4 is 19.6 Å². The number of aryl methyl sites for hydroxylation is 1. The Hall–Kier alpha value is -2.67. The molecule has 0 aliphatic heterocycles. The van der Waals surface area contributed by atoms with Gasteiger partial charge < -0.3 is 24.7 Å². The van der Waals surface area contributed by atoms with Crippen LogP contribution >= 0.6 is 7.60 Å². The van der Waals surface area contributed by atoms with Crippen molar-refractivity contribution in [3.63, 3.8) is 0 Å². The first-order valence-corrected chi connectivity index (χ1v) is 12.7. The molecule has 0 heterocycles. The number of esters is 1. The van der Waals surface area contributed by atoms with Gasteiger partial charge in [0.05, 0.1) is 6.61 Å². The van der Waals surface area contributed by atoms with Crippen LogP contribution in [0.4, 0.5) is 4.79 Å². The molecule has 0 radical (unpaired) electrons. The van der Waals surface area contributed by atoms with E-state index in [1.165, 1.54) is 5.56 Å². The zero-order valence-corrected chi connectivity index (χ0v) is 20.4. The largest absolute Gasteiger partial charge is 0.464 e. The zero-order chi connectivity index (χ0) is 24.6. The van der Waals surface area contributed by atoms with Crippen molar-refractivity contribution in [3.8, 4) is 11.1 Å². The highest BCUT2D eigenvalue weighted by Gasteiger charge is 2.29. The van der Waals surface area contributed by atoms with E-state index in [1.54, 1.807) is 6.92 Å². The van der Waals surface area contributed by atoms with Crippen molar-refractivity contribution < 1.29 is 28.7 Å². The first kappa shape index (κ1) is 26.6. The summed E-state index contributed by atoms with van der Waals surface area (Å²) in [6.45, 7) is 7.65. The summed E-state index contributed by atoms with van der Waals surface area (Å²) in [7, 11) is -4.47. The van der Waals surface area contributed by atoms with Gasteiger partial charge in [-0.25, -0.2) is 9.59 Å². The minimum Gasteiger partial charge on any atom is -0.464 e. The number of nitrogens with zero attached hydrogens (tertiary/aromatic N) is 1. The smallest absolute Gasteiger partial charge is 0.344 e. The first-order valence-electron chi connectivity index (χ1n) is 10.9. The number of carbonyl (C=O) groups is 2. The second-order valence-electron chi connectivity index (χ2n) is 8.44. The topological polar surface area (TPSA) is 116 Å². The molecule has 0 aromatic heterocycles. The third kappa shape index (κ3) is 9.00. The van der Waals surface area contributed by atoms with Crippen molar-refractivity contribution in [2.75, 3.05) is 19.4 Å². The summed E-state index contributed by atoms with van der Waals surface area (Å²) in [5, 5.41) is 2.60. The standard InChI is InChI=1S/C24H33N2O6P/c1-5-32-23(27)22(25-24(28)26(15-17(2)3)16-33(29,30)31)14-19-8-12-21(13-9-19)20-10-6-18(4)7-11-20/h6-13,17,22H,5,14-16H2,1-4H3,(H,25,28)(H2,29,30,31)/t22-/m0/s1. The minimum absolute atomic E-state index is 0.0161. The summed E-state index contributed by atoms with van der Waals surface area (Å²) < 4.78 is 16.6. The summed E-state index contributed by atoms with van der Waals surface area (Å²) in [6.07, 6.45) is -0.540. The third-order valence-electron chi connectivity index (χ3n) is 4.88. The van der Waals surface area contributed by atoms with Gasteiger partial charge in [0.25, 0.3) is 0 Å². The maximum absolute atomic E-state index is 12.8. The van der Waals surface area contributed by atoms with Crippen molar-refractivity contribution in [2.45, 2.75) is 40.2 Å². The normalized spacial score (nSPS) is 12.3. The van der Waals surface area contributed by atoms with Gasteiger partial charge in [-0.05, 0) is 36.5 Å². The molecule has 180 valence electrons. The van der Waals surface area contributed by atoms with Crippen LogP contribution in [0.15, 0.2) is 48.5 Å². The predicted molar refractivity (Wildman–Crippen MR) is 128 cm³/mol. The predicted octanol–water partition coefficient (Wildman–Crippen LogP) is 3.94. The average molecular weight is 477 g/mol. The van der Waals surface area contributed by atoms with Crippen molar-refractivity contribution in [2.24, 2.45) is 5.92 Å². The summed E-state index contributed by atoms with van der Waals surface area (Å²) in [6, 6.07) is 14.1. The molecule has 0 fully saturated rings. The molecule has 2 aromatic rings. The molecule has 9 heteroatoms. The number of nitrogens with one attached hydrogen (secondary N) is 1. The Labute approximate surface area is 195 Å². The minimum atomic E-state index is -4.47. The number of amides is 2. The van der Waals surface area contributed by atoms with E-state index in [2.05, 4.69) is 5.32 Å². The third-order valence-corrected chi connectivity index (χ3v) is 5.59. The molecule has 2 amide bonds. The molecule has 0 spiro atoms. The number of hydrogen-bond donors (Lipinski definition) is 3. The average Bonchev–Trinajstić information content (AvgIpc) is 2.73.